The largest absolute Gasteiger partial charge is 0.494 e. The second kappa shape index (κ2) is 10.6. The third kappa shape index (κ3) is 6.33. The third-order valence-corrected chi connectivity index (χ3v) is 4.94. The number of rotatable bonds is 10. The monoisotopic (exact) mass is 423 g/mol. The first-order valence-electron chi connectivity index (χ1n) is 10.3. The summed E-state index contributed by atoms with van der Waals surface area (Å²) in [5, 5.41) is 0.998. The molecule has 164 valence electrons. The lowest BCUT2D eigenvalue weighted by Gasteiger charge is -2.16. The molecule has 3 rings (SSSR count). The Balaban J connectivity index is 1.44. The Morgan fingerprint density at radius 1 is 1.10 bits per heavy atom. The van der Waals surface area contributed by atoms with Gasteiger partial charge in [-0.1, -0.05) is 24.3 Å². The fourth-order valence-corrected chi connectivity index (χ4v) is 3.28. The minimum Gasteiger partial charge on any atom is -0.494 e. The molecule has 0 bridgehead atoms. The van der Waals surface area contributed by atoms with Crippen LogP contribution in [0.3, 0.4) is 0 Å². The number of pyridine rings is 1. The predicted octanol–water partition coefficient (Wildman–Crippen LogP) is 3.49. The number of nitrogens with zero attached hydrogens (tertiary/aromatic N) is 1. The molecule has 1 unspecified atom stereocenters. The van der Waals surface area contributed by atoms with E-state index in [9.17, 15) is 4.79 Å². The molecular formula is C24H29N3O4. The lowest BCUT2D eigenvalue weighted by molar-refractivity contribution is -0.142. The van der Waals surface area contributed by atoms with Crippen molar-refractivity contribution >= 4 is 22.7 Å². The number of ether oxygens (including phenoxy) is 3. The number of fused-ring (bicyclic) bond motifs is 1. The average Bonchev–Trinajstić information content (AvgIpc) is 2.77. The van der Waals surface area contributed by atoms with Crippen molar-refractivity contribution in [2.75, 3.05) is 19.5 Å². The van der Waals surface area contributed by atoms with E-state index in [1.54, 1.807) is 6.07 Å². The minimum absolute atomic E-state index is 0.0135. The van der Waals surface area contributed by atoms with Gasteiger partial charge in [-0.3, -0.25) is 4.79 Å². The quantitative estimate of drug-likeness (QED) is 0.379. The van der Waals surface area contributed by atoms with Gasteiger partial charge in [0.15, 0.2) is 0 Å². The summed E-state index contributed by atoms with van der Waals surface area (Å²) in [5.41, 5.74) is 13.3. The number of anilines is 1. The SMILES string of the molecule is COC(=O)[C@@H](N)Cc1ccc(OCCCC(C)Oc2cccc3ccc(N)nc23)cc1. The van der Waals surface area contributed by atoms with Crippen molar-refractivity contribution in [2.24, 2.45) is 5.73 Å². The number of esters is 1. The standard InChI is InChI=1S/C24H29N3O4/c1-16(31-21-7-3-6-18-10-13-22(26)27-23(18)21)5-4-14-30-19-11-8-17(9-12-19)15-20(25)24(28)29-2/h3,6-13,16,20H,4-5,14-15,25H2,1-2H3,(H2,26,27)/t16?,20-/m0/s1. The highest BCUT2D eigenvalue weighted by atomic mass is 16.5. The van der Waals surface area contributed by atoms with E-state index in [1.165, 1.54) is 7.11 Å². The van der Waals surface area contributed by atoms with E-state index in [0.717, 1.165) is 40.8 Å². The van der Waals surface area contributed by atoms with Crippen molar-refractivity contribution in [2.45, 2.75) is 38.3 Å². The maximum Gasteiger partial charge on any atom is 0.322 e. The molecule has 7 nitrogen and oxygen atoms in total. The summed E-state index contributed by atoms with van der Waals surface area (Å²) in [6, 6.07) is 16.5. The van der Waals surface area contributed by atoms with Crippen molar-refractivity contribution in [3.63, 3.8) is 0 Å². The molecule has 0 radical (unpaired) electrons. The topological polar surface area (TPSA) is 110 Å². The molecule has 0 aliphatic heterocycles. The van der Waals surface area contributed by atoms with Crippen LogP contribution in [0.1, 0.15) is 25.3 Å². The zero-order valence-corrected chi connectivity index (χ0v) is 17.9. The van der Waals surface area contributed by atoms with Crippen molar-refractivity contribution in [3.05, 3.63) is 60.2 Å². The molecule has 1 aromatic heterocycles. The van der Waals surface area contributed by atoms with Crippen LogP contribution in [0, 0.1) is 0 Å². The summed E-state index contributed by atoms with van der Waals surface area (Å²) in [6.07, 6.45) is 2.12. The number of nitrogen functional groups attached to an aromatic ring is 1. The lowest BCUT2D eigenvalue weighted by Crippen LogP contribution is -2.33. The van der Waals surface area contributed by atoms with Crippen molar-refractivity contribution in [1.82, 2.24) is 4.98 Å². The first-order chi connectivity index (χ1) is 15.0. The molecule has 3 aromatic rings. The van der Waals surface area contributed by atoms with Gasteiger partial charge in [-0.05, 0) is 62.1 Å². The van der Waals surface area contributed by atoms with Gasteiger partial charge in [0.25, 0.3) is 0 Å². The van der Waals surface area contributed by atoms with Gasteiger partial charge in [0.1, 0.15) is 28.9 Å². The Hall–Kier alpha value is -3.32. The zero-order chi connectivity index (χ0) is 22.2. The number of aromatic nitrogens is 1. The summed E-state index contributed by atoms with van der Waals surface area (Å²) in [5.74, 6) is 1.57. The molecule has 0 spiro atoms. The predicted molar refractivity (Wildman–Crippen MR) is 121 cm³/mol. The molecule has 0 saturated carbocycles. The van der Waals surface area contributed by atoms with Crippen LogP contribution in [0.15, 0.2) is 54.6 Å². The van der Waals surface area contributed by atoms with Crippen LogP contribution >= 0.6 is 0 Å². The van der Waals surface area contributed by atoms with E-state index >= 15 is 0 Å². The van der Waals surface area contributed by atoms with E-state index in [1.807, 2.05) is 55.5 Å². The molecule has 2 aromatic carbocycles. The molecular weight excluding hydrogens is 394 g/mol. The average molecular weight is 424 g/mol. The van der Waals surface area contributed by atoms with E-state index in [0.29, 0.717) is 18.8 Å². The number of benzene rings is 2. The maximum absolute atomic E-state index is 11.4. The minimum atomic E-state index is -0.661. The summed E-state index contributed by atoms with van der Waals surface area (Å²) in [4.78, 5) is 15.8. The molecule has 0 aliphatic rings. The number of carbonyl (C=O) groups excluding carboxylic acids is 1. The molecule has 0 aliphatic carbocycles. The Labute approximate surface area is 182 Å². The zero-order valence-electron chi connectivity index (χ0n) is 17.9. The lowest BCUT2D eigenvalue weighted by atomic mass is 10.1. The number of para-hydroxylation sites is 1. The molecule has 1 heterocycles. The van der Waals surface area contributed by atoms with Gasteiger partial charge in [0, 0.05) is 5.39 Å². The van der Waals surface area contributed by atoms with Crippen LogP contribution in [-0.2, 0) is 16.0 Å². The molecule has 4 N–H and O–H groups in total. The van der Waals surface area contributed by atoms with E-state index in [-0.39, 0.29) is 6.10 Å². The summed E-state index contributed by atoms with van der Waals surface area (Å²) >= 11 is 0. The number of nitrogens with two attached hydrogens (primary N) is 2. The van der Waals surface area contributed by atoms with Gasteiger partial charge in [0.2, 0.25) is 0 Å². The third-order valence-electron chi connectivity index (χ3n) is 4.94. The molecule has 7 heteroatoms. The molecule has 2 atom stereocenters. The Bertz CT molecular complexity index is 1010. The van der Waals surface area contributed by atoms with Crippen molar-refractivity contribution in [1.29, 1.82) is 0 Å². The number of carbonyl (C=O) groups is 1. The second-order valence-electron chi connectivity index (χ2n) is 7.46. The Morgan fingerprint density at radius 3 is 2.61 bits per heavy atom. The highest BCUT2D eigenvalue weighted by Crippen LogP contribution is 2.26. The Morgan fingerprint density at radius 2 is 1.87 bits per heavy atom. The van der Waals surface area contributed by atoms with Crippen molar-refractivity contribution in [3.8, 4) is 11.5 Å². The van der Waals surface area contributed by atoms with Gasteiger partial charge in [-0.15, -0.1) is 0 Å². The van der Waals surface area contributed by atoms with Crippen LogP contribution < -0.4 is 20.9 Å². The second-order valence-corrected chi connectivity index (χ2v) is 7.46. The van der Waals surface area contributed by atoms with Crippen molar-refractivity contribution < 1.29 is 19.0 Å². The van der Waals surface area contributed by atoms with E-state index < -0.39 is 12.0 Å². The molecule has 0 amide bonds. The fraction of sp³-hybridized carbons (Fsp3) is 0.333. The number of hydrogen-bond donors (Lipinski definition) is 2. The summed E-state index contributed by atoms with van der Waals surface area (Å²) in [6.45, 7) is 2.61. The highest BCUT2D eigenvalue weighted by Gasteiger charge is 2.14. The van der Waals surface area contributed by atoms with Gasteiger partial charge in [0.05, 0.1) is 19.8 Å². The Kier molecular flexibility index (Phi) is 7.67. The highest BCUT2D eigenvalue weighted by molar-refractivity contribution is 5.85. The molecule has 0 fully saturated rings. The van der Waals surface area contributed by atoms with Gasteiger partial charge >= 0.3 is 5.97 Å². The van der Waals surface area contributed by atoms with E-state index in [4.69, 9.17) is 20.9 Å². The van der Waals surface area contributed by atoms with Crippen LogP contribution in [0.2, 0.25) is 0 Å². The normalized spacial score (nSPS) is 12.9. The molecule has 0 saturated heterocycles. The summed E-state index contributed by atoms with van der Waals surface area (Å²) in [7, 11) is 1.33. The fourth-order valence-electron chi connectivity index (χ4n) is 3.28. The van der Waals surface area contributed by atoms with Crippen LogP contribution in [0.5, 0.6) is 11.5 Å². The van der Waals surface area contributed by atoms with Crippen LogP contribution in [0.25, 0.3) is 10.9 Å². The van der Waals surface area contributed by atoms with Gasteiger partial charge < -0.3 is 25.7 Å². The first-order valence-corrected chi connectivity index (χ1v) is 10.3. The number of methoxy groups -OCH3 is 1. The van der Waals surface area contributed by atoms with Gasteiger partial charge in [-0.2, -0.15) is 0 Å². The van der Waals surface area contributed by atoms with Crippen LogP contribution in [-0.4, -0.2) is 36.8 Å². The maximum atomic E-state index is 11.4. The first kappa shape index (κ1) is 22.4. The number of hydrogen-bond acceptors (Lipinski definition) is 7. The van der Waals surface area contributed by atoms with Gasteiger partial charge in [-0.25, -0.2) is 4.98 Å². The smallest absolute Gasteiger partial charge is 0.322 e. The van der Waals surface area contributed by atoms with E-state index in [2.05, 4.69) is 9.72 Å². The molecule has 31 heavy (non-hydrogen) atoms. The van der Waals surface area contributed by atoms with Crippen LogP contribution in [0.4, 0.5) is 5.82 Å². The summed E-state index contributed by atoms with van der Waals surface area (Å²) < 4.78 is 16.6.